The molecule has 0 aliphatic carbocycles. The first-order valence-corrected chi connectivity index (χ1v) is 11.2. The van der Waals surface area contributed by atoms with Gasteiger partial charge in [-0.25, -0.2) is 0 Å². The minimum Gasteiger partial charge on any atom is -0.448 e. The predicted octanol–water partition coefficient (Wildman–Crippen LogP) is 6.09. The van der Waals surface area contributed by atoms with Crippen LogP contribution in [0.25, 0.3) is 22.0 Å². The molecule has 0 fully saturated rings. The van der Waals surface area contributed by atoms with Crippen LogP contribution in [0.5, 0.6) is 5.88 Å². The van der Waals surface area contributed by atoms with E-state index in [4.69, 9.17) is 9.72 Å². The van der Waals surface area contributed by atoms with Crippen LogP contribution in [0, 0.1) is 0 Å². The van der Waals surface area contributed by atoms with Crippen LogP contribution in [-0.4, -0.2) is 20.9 Å². The van der Waals surface area contributed by atoms with E-state index in [0.717, 1.165) is 35.4 Å². The van der Waals surface area contributed by atoms with Gasteiger partial charge in [-0.15, -0.1) is 10.2 Å². The van der Waals surface area contributed by atoms with Crippen molar-refractivity contribution < 1.29 is 4.74 Å². The Bertz CT molecular complexity index is 1200. The maximum Gasteiger partial charge on any atom is 0.247 e. The zero-order chi connectivity index (χ0) is 20.3. The van der Waals surface area contributed by atoms with Gasteiger partial charge in [0, 0.05) is 22.6 Å². The van der Waals surface area contributed by atoms with Gasteiger partial charge in [0.05, 0.1) is 0 Å². The summed E-state index contributed by atoms with van der Waals surface area (Å²) in [6.07, 6.45) is 1.89. The fourth-order valence-electron chi connectivity index (χ4n) is 3.54. The molecule has 1 atom stereocenters. The molecular formula is C24H22N4OS. The number of fused-ring (bicyclic) bond motifs is 4. The molecule has 0 spiro atoms. The Kier molecular flexibility index (Phi) is 5.24. The van der Waals surface area contributed by atoms with Gasteiger partial charge in [0.2, 0.25) is 11.0 Å². The third kappa shape index (κ3) is 3.71. The molecule has 5 nitrogen and oxygen atoms in total. The van der Waals surface area contributed by atoms with E-state index < -0.39 is 0 Å². The van der Waals surface area contributed by atoms with Crippen molar-refractivity contribution >= 4 is 28.2 Å². The Balaban J connectivity index is 1.56. The van der Waals surface area contributed by atoms with Gasteiger partial charge in [0.15, 0.2) is 11.9 Å². The van der Waals surface area contributed by atoms with E-state index >= 15 is 0 Å². The lowest BCUT2D eigenvalue weighted by Crippen LogP contribution is -2.17. The summed E-state index contributed by atoms with van der Waals surface area (Å²) in [7, 11) is 0. The number of aromatic nitrogens is 3. The number of thioether (sulfide) groups is 1. The van der Waals surface area contributed by atoms with Crippen molar-refractivity contribution in [2.24, 2.45) is 0 Å². The average Bonchev–Trinajstić information content (AvgIpc) is 2.95. The summed E-state index contributed by atoms with van der Waals surface area (Å²) in [5, 5.41) is 15.4. The molecule has 1 N–H and O–H groups in total. The molecule has 150 valence electrons. The highest BCUT2D eigenvalue weighted by molar-refractivity contribution is 7.99. The SMILES string of the molecule is CCCCSc1nnc2c(n1)O[C@@H](c1ccc3ccccc3c1)Nc1ccccc1-2. The van der Waals surface area contributed by atoms with Crippen molar-refractivity contribution in [3.63, 3.8) is 0 Å². The fourth-order valence-corrected chi connectivity index (χ4v) is 4.40. The lowest BCUT2D eigenvalue weighted by Gasteiger charge is -2.19. The van der Waals surface area contributed by atoms with Crippen LogP contribution in [0.15, 0.2) is 71.9 Å². The van der Waals surface area contributed by atoms with Crippen molar-refractivity contribution in [1.29, 1.82) is 0 Å². The lowest BCUT2D eigenvalue weighted by atomic mass is 10.1. The van der Waals surface area contributed by atoms with Gasteiger partial charge in [-0.05, 0) is 29.3 Å². The lowest BCUT2D eigenvalue weighted by molar-refractivity contribution is 0.225. The highest BCUT2D eigenvalue weighted by atomic mass is 32.2. The number of benzene rings is 3. The van der Waals surface area contributed by atoms with E-state index in [0.29, 0.717) is 16.7 Å². The first kappa shape index (κ1) is 18.9. The largest absolute Gasteiger partial charge is 0.448 e. The summed E-state index contributed by atoms with van der Waals surface area (Å²) < 4.78 is 6.38. The molecule has 0 amide bonds. The summed E-state index contributed by atoms with van der Waals surface area (Å²) in [6.45, 7) is 2.18. The number of ether oxygens (including phenoxy) is 1. The quantitative estimate of drug-likeness (QED) is 0.315. The van der Waals surface area contributed by atoms with E-state index in [1.54, 1.807) is 11.8 Å². The predicted molar refractivity (Wildman–Crippen MR) is 122 cm³/mol. The van der Waals surface area contributed by atoms with E-state index in [-0.39, 0.29) is 6.23 Å². The van der Waals surface area contributed by atoms with Crippen molar-refractivity contribution in [2.75, 3.05) is 11.1 Å². The van der Waals surface area contributed by atoms with Crippen LogP contribution in [-0.2, 0) is 0 Å². The monoisotopic (exact) mass is 414 g/mol. The van der Waals surface area contributed by atoms with Gasteiger partial charge in [-0.1, -0.05) is 79.7 Å². The molecule has 5 rings (SSSR count). The Morgan fingerprint density at radius 3 is 2.70 bits per heavy atom. The van der Waals surface area contributed by atoms with Gasteiger partial charge >= 0.3 is 0 Å². The minimum absolute atomic E-state index is 0.373. The highest BCUT2D eigenvalue weighted by Crippen LogP contribution is 2.39. The Morgan fingerprint density at radius 2 is 1.80 bits per heavy atom. The van der Waals surface area contributed by atoms with Gasteiger partial charge < -0.3 is 10.1 Å². The second-order valence-corrected chi connectivity index (χ2v) is 8.31. The fraction of sp³-hybridized carbons (Fsp3) is 0.208. The number of rotatable bonds is 5. The van der Waals surface area contributed by atoms with Crippen molar-refractivity contribution in [1.82, 2.24) is 15.2 Å². The number of hydrogen-bond acceptors (Lipinski definition) is 6. The molecule has 0 bridgehead atoms. The smallest absolute Gasteiger partial charge is 0.247 e. The standard InChI is InChI=1S/C24H22N4OS/c1-2-3-14-30-24-26-23-21(27-28-24)19-10-6-7-11-20(19)25-22(29-23)18-13-12-16-8-4-5-9-17(16)15-18/h4-13,15,22,25H,2-3,14H2,1H3/t22-/m0/s1. The van der Waals surface area contributed by atoms with Crippen molar-refractivity contribution in [2.45, 2.75) is 31.1 Å². The van der Waals surface area contributed by atoms with Crippen LogP contribution in [0.2, 0.25) is 0 Å². The Morgan fingerprint density at radius 1 is 0.967 bits per heavy atom. The van der Waals surface area contributed by atoms with E-state index in [1.165, 1.54) is 10.8 Å². The molecule has 4 aromatic rings. The molecule has 0 radical (unpaired) electrons. The first-order chi connectivity index (χ1) is 14.8. The third-order valence-electron chi connectivity index (χ3n) is 5.14. The second kappa shape index (κ2) is 8.32. The summed E-state index contributed by atoms with van der Waals surface area (Å²) >= 11 is 1.62. The number of hydrogen-bond donors (Lipinski definition) is 1. The molecule has 1 aliphatic heterocycles. The summed E-state index contributed by atoms with van der Waals surface area (Å²) in [5.74, 6) is 1.49. The molecule has 1 aromatic heterocycles. The normalized spacial score (nSPS) is 14.9. The number of nitrogens with one attached hydrogen (secondary N) is 1. The third-order valence-corrected chi connectivity index (χ3v) is 6.06. The molecule has 2 heterocycles. The second-order valence-electron chi connectivity index (χ2n) is 7.24. The van der Waals surface area contributed by atoms with Gasteiger partial charge in [0.25, 0.3) is 0 Å². The van der Waals surface area contributed by atoms with Gasteiger partial charge in [-0.2, -0.15) is 4.98 Å². The van der Waals surface area contributed by atoms with E-state index in [9.17, 15) is 0 Å². The number of para-hydroxylation sites is 1. The first-order valence-electron chi connectivity index (χ1n) is 10.2. The average molecular weight is 415 g/mol. The van der Waals surface area contributed by atoms with Crippen LogP contribution < -0.4 is 10.1 Å². The zero-order valence-electron chi connectivity index (χ0n) is 16.7. The number of nitrogens with zero attached hydrogens (tertiary/aromatic N) is 3. The summed E-state index contributed by atoms with van der Waals surface area (Å²) in [5.41, 5.74) is 3.61. The highest BCUT2D eigenvalue weighted by Gasteiger charge is 2.26. The van der Waals surface area contributed by atoms with Crippen molar-refractivity contribution in [3.05, 3.63) is 72.3 Å². The van der Waals surface area contributed by atoms with Crippen LogP contribution in [0.3, 0.4) is 0 Å². The molecular weight excluding hydrogens is 392 g/mol. The zero-order valence-corrected chi connectivity index (χ0v) is 17.5. The van der Waals surface area contributed by atoms with E-state index in [1.807, 2.05) is 24.3 Å². The Labute approximate surface area is 179 Å². The molecule has 1 aliphatic rings. The van der Waals surface area contributed by atoms with Crippen molar-refractivity contribution in [3.8, 4) is 17.1 Å². The van der Waals surface area contributed by atoms with Crippen LogP contribution in [0.4, 0.5) is 5.69 Å². The maximum absolute atomic E-state index is 6.38. The maximum atomic E-state index is 6.38. The summed E-state index contributed by atoms with van der Waals surface area (Å²) in [6, 6.07) is 22.8. The molecule has 6 heteroatoms. The molecule has 30 heavy (non-hydrogen) atoms. The van der Waals surface area contributed by atoms with Gasteiger partial charge in [0.1, 0.15) is 0 Å². The number of anilines is 1. The van der Waals surface area contributed by atoms with Crippen LogP contribution in [0.1, 0.15) is 31.6 Å². The molecule has 0 saturated heterocycles. The molecule has 0 saturated carbocycles. The summed E-state index contributed by atoms with van der Waals surface area (Å²) in [4.78, 5) is 4.71. The van der Waals surface area contributed by atoms with Gasteiger partial charge in [-0.3, -0.25) is 0 Å². The topological polar surface area (TPSA) is 59.9 Å². The molecule has 3 aromatic carbocycles. The number of unbranched alkanes of at least 4 members (excludes halogenated alkanes) is 1. The Hall–Kier alpha value is -3.12. The minimum atomic E-state index is -0.373. The van der Waals surface area contributed by atoms with Crippen LogP contribution >= 0.6 is 11.8 Å². The van der Waals surface area contributed by atoms with E-state index in [2.05, 4.69) is 64.9 Å². The molecule has 0 unspecified atom stereocenters.